The number of rotatable bonds is 6. The van der Waals surface area contributed by atoms with Crippen LogP contribution in [0, 0.1) is 11.1 Å². The van der Waals surface area contributed by atoms with Gasteiger partial charge in [-0.05, 0) is 29.3 Å². The van der Waals surface area contributed by atoms with Crippen LogP contribution in [0.1, 0.15) is 36.0 Å². The van der Waals surface area contributed by atoms with Crippen LogP contribution in [0.2, 0.25) is 0 Å². The number of thioether (sulfide) groups is 1. The maximum Gasteiger partial charge on any atom is 0.251 e. The van der Waals surface area contributed by atoms with Crippen LogP contribution in [0.25, 0.3) is 0 Å². The molecule has 0 amide bonds. The summed E-state index contributed by atoms with van der Waals surface area (Å²) in [6.07, 6.45) is 0.585. The Bertz CT molecular complexity index is 1010. The fourth-order valence-electron chi connectivity index (χ4n) is 3.71. The average Bonchev–Trinajstić information content (AvgIpc) is 2.79. The Morgan fingerprint density at radius 3 is 2.55 bits per heavy atom. The molecule has 2 heterocycles. The lowest BCUT2D eigenvalue weighted by Gasteiger charge is -2.41. The number of aliphatic hydroxyl groups is 1. The van der Waals surface area contributed by atoms with E-state index in [1.807, 2.05) is 60.7 Å². The molecule has 1 aliphatic heterocycles. The van der Waals surface area contributed by atoms with E-state index in [4.69, 9.17) is 15.2 Å². The molecule has 0 spiro atoms. The highest BCUT2D eigenvalue weighted by atomic mass is 32.2. The van der Waals surface area contributed by atoms with E-state index in [1.165, 1.54) is 18.0 Å². The van der Waals surface area contributed by atoms with E-state index in [0.717, 1.165) is 21.4 Å². The molecule has 4 atom stereocenters. The minimum absolute atomic E-state index is 0.00191. The lowest BCUT2D eigenvalue weighted by Crippen LogP contribution is -2.39. The SMILES string of the molecule is C[C@H]1[C@@H](CSc2cccc[n+]2[O-])OC(c2cccc(N)c2)O[C@H]1c1ccc(CO)cc1. The zero-order chi connectivity index (χ0) is 21.8. The number of hydrogen-bond donors (Lipinski definition) is 2. The van der Waals surface area contributed by atoms with Gasteiger partial charge in [-0.15, -0.1) is 0 Å². The highest BCUT2D eigenvalue weighted by Crippen LogP contribution is 2.43. The Balaban J connectivity index is 1.60. The van der Waals surface area contributed by atoms with Crippen molar-refractivity contribution in [2.24, 2.45) is 5.92 Å². The van der Waals surface area contributed by atoms with E-state index >= 15 is 0 Å². The summed E-state index contributed by atoms with van der Waals surface area (Å²) >= 11 is 1.47. The number of aromatic nitrogens is 1. The number of nitrogens with two attached hydrogens (primary N) is 1. The van der Waals surface area contributed by atoms with Gasteiger partial charge in [0.1, 0.15) is 0 Å². The van der Waals surface area contributed by atoms with E-state index in [9.17, 15) is 10.3 Å². The molecule has 1 unspecified atom stereocenters. The third kappa shape index (κ3) is 5.02. The van der Waals surface area contributed by atoms with Gasteiger partial charge in [-0.2, -0.15) is 4.73 Å². The number of nitrogen functional groups attached to an aromatic ring is 1. The van der Waals surface area contributed by atoms with Crippen LogP contribution in [0.3, 0.4) is 0 Å². The van der Waals surface area contributed by atoms with Crippen molar-refractivity contribution < 1.29 is 19.3 Å². The van der Waals surface area contributed by atoms with Gasteiger partial charge in [-0.1, -0.05) is 55.1 Å². The molecule has 0 radical (unpaired) electrons. The zero-order valence-corrected chi connectivity index (χ0v) is 18.1. The predicted octanol–water partition coefficient (Wildman–Crippen LogP) is 3.98. The van der Waals surface area contributed by atoms with Crippen molar-refractivity contribution in [1.82, 2.24) is 0 Å². The quantitative estimate of drug-likeness (QED) is 0.262. The second-order valence-electron chi connectivity index (χ2n) is 7.67. The van der Waals surface area contributed by atoms with E-state index in [1.54, 1.807) is 6.07 Å². The first-order chi connectivity index (χ1) is 15.0. The second kappa shape index (κ2) is 9.70. The smallest absolute Gasteiger partial charge is 0.251 e. The molecule has 6 nitrogen and oxygen atoms in total. The van der Waals surface area contributed by atoms with Crippen molar-refractivity contribution in [3.63, 3.8) is 0 Å². The lowest BCUT2D eigenvalue weighted by atomic mass is 9.91. The number of aliphatic hydroxyl groups excluding tert-OH is 1. The zero-order valence-electron chi connectivity index (χ0n) is 17.3. The topological polar surface area (TPSA) is 91.7 Å². The molecule has 2 aromatic carbocycles. The summed E-state index contributed by atoms with van der Waals surface area (Å²) in [6, 6.07) is 20.7. The molecule has 1 aliphatic rings. The molecule has 0 aliphatic carbocycles. The first-order valence-electron chi connectivity index (χ1n) is 10.2. The first-order valence-corrected chi connectivity index (χ1v) is 11.2. The highest BCUT2D eigenvalue weighted by Gasteiger charge is 2.38. The lowest BCUT2D eigenvalue weighted by molar-refractivity contribution is -0.645. The fourth-order valence-corrected chi connectivity index (χ4v) is 4.79. The maximum atomic E-state index is 12.0. The number of hydrogen-bond acceptors (Lipinski definition) is 6. The van der Waals surface area contributed by atoms with E-state index in [0.29, 0.717) is 16.5 Å². The minimum Gasteiger partial charge on any atom is -0.618 e. The monoisotopic (exact) mass is 438 g/mol. The van der Waals surface area contributed by atoms with Gasteiger partial charge < -0.3 is 25.5 Å². The Hall–Kier alpha value is -2.58. The van der Waals surface area contributed by atoms with Crippen LogP contribution in [-0.2, 0) is 16.1 Å². The van der Waals surface area contributed by atoms with Gasteiger partial charge in [0.25, 0.3) is 5.03 Å². The Kier molecular flexibility index (Phi) is 6.77. The molecular weight excluding hydrogens is 412 g/mol. The molecule has 162 valence electrons. The number of benzene rings is 2. The largest absolute Gasteiger partial charge is 0.618 e. The molecule has 1 saturated heterocycles. The second-order valence-corrected chi connectivity index (χ2v) is 8.71. The maximum absolute atomic E-state index is 12.0. The molecule has 0 bridgehead atoms. The van der Waals surface area contributed by atoms with Crippen molar-refractivity contribution >= 4 is 17.4 Å². The van der Waals surface area contributed by atoms with Crippen LogP contribution >= 0.6 is 11.8 Å². The molecule has 1 fully saturated rings. The molecule has 7 heteroatoms. The van der Waals surface area contributed by atoms with Crippen LogP contribution in [-0.4, -0.2) is 17.0 Å². The Labute approximate surface area is 186 Å². The summed E-state index contributed by atoms with van der Waals surface area (Å²) in [4.78, 5) is 0. The van der Waals surface area contributed by atoms with Crippen LogP contribution in [0.4, 0.5) is 5.69 Å². The molecule has 3 N–H and O–H groups in total. The van der Waals surface area contributed by atoms with Crippen LogP contribution in [0.5, 0.6) is 0 Å². The van der Waals surface area contributed by atoms with Gasteiger partial charge in [0.05, 0.1) is 18.8 Å². The van der Waals surface area contributed by atoms with Crippen LogP contribution < -0.4 is 10.5 Å². The molecule has 3 aromatic rings. The van der Waals surface area contributed by atoms with E-state index in [-0.39, 0.29) is 24.7 Å². The van der Waals surface area contributed by atoms with Gasteiger partial charge in [0.2, 0.25) is 0 Å². The standard InChI is InChI=1S/C24H26N2O4S/c1-16-21(15-31-22-7-2-3-12-26(22)28)29-24(19-5-4-6-20(25)13-19)30-23(16)18-10-8-17(14-27)9-11-18/h2-13,16,21,23-24,27H,14-15,25H2,1H3/t16-,21+,23+,24?/m0/s1. The summed E-state index contributed by atoms with van der Waals surface area (Å²) < 4.78 is 13.6. The van der Waals surface area contributed by atoms with E-state index < -0.39 is 6.29 Å². The molecule has 1 aromatic heterocycles. The normalized spacial score (nSPS) is 23.5. The third-order valence-electron chi connectivity index (χ3n) is 5.49. The summed E-state index contributed by atoms with van der Waals surface area (Å²) in [7, 11) is 0. The van der Waals surface area contributed by atoms with Crippen LogP contribution in [0.15, 0.2) is 78.0 Å². The predicted molar refractivity (Wildman–Crippen MR) is 120 cm³/mol. The third-order valence-corrected chi connectivity index (χ3v) is 6.60. The van der Waals surface area contributed by atoms with Crippen molar-refractivity contribution in [1.29, 1.82) is 0 Å². The average molecular weight is 439 g/mol. The van der Waals surface area contributed by atoms with Crippen molar-refractivity contribution in [3.05, 3.63) is 94.8 Å². The number of pyridine rings is 1. The van der Waals surface area contributed by atoms with E-state index in [2.05, 4.69) is 6.92 Å². The first kappa shape index (κ1) is 21.6. The van der Waals surface area contributed by atoms with Crippen molar-refractivity contribution in [2.45, 2.75) is 37.1 Å². The van der Waals surface area contributed by atoms with Gasteiger partial charge >= 0.3 is 0 Å². The number of ether oxygens (including phenoxy) is 2. The van der Waals surface area contributed by atoms with Gasteiger partial charge in [-0.3, -0.25) is 0 Å². The Morgan fingerprint density at radius 1 is 1.03 bits per heavy atom. The number of anilines is 1. The fraction of sp³-hybridized carbons (Fsp3) is 0.292. The highest BCUT2D eigenvalue weighted by molar-refractivity contribution is 7.99. The Morgan fingerprint density at radius 2 is 1.84 bits per heavy atom. The van der Waals surface area contributed by atoms with Crippen molar-refractivity contribution in [3.8, 4) is 0 Å². The summed E-state index contributed by atoms with van der Waals surface area (Å²) in [5, 5.41) is 22.0. The van der Waals surface area contributed by atoms with Gasteiger partial charge in [-0.25, -0.2) is 0 Å². The molecule has 0 saturated carbocycles. The van der Waals surface area contributed by atoms with Crippen molar-refractivity contribution in [2.75, 3.05) is 11.5 Å². The summed E-state index contributed by atoms with van der Waals surface area (Å²) in [5.41, 5.74) is 9.36. The number of nitrogens with zero attached hydrogens (tertiary/aromatic N) is 1. The van der Waals surface area contributed by atoms with Gasteiger partial charge in [0, 0.05) is 35.1 Å². The van der Waals surface area contributed by atoms with Gasteiger partial charge in [0.15, 0.2) is 12.5 Å². The minimum atomic E-state index is -0.567. The molecule has 4 rings (SSSR count). The summed E-state index contributed by atoms with van der Waals surface area (Å²) in [5.74, 6) is 0.662. The molecule has 31 heavy (non-hydrogen) atoms. The molecular formula is C24H26N2O4S. The summed E-state index contributed by atoms with van der Waals surface area (Å²) in [6.45, 7) is 2.10.